The van der Waals surface area contributed by atoms with Crippen LogP contribution in [0.2, 0.25) is 0 Å². The van der Waals surface area contributed by atoms with E-state index in [1.165, 1.54) is 12.8 Å². The molecule has 1 saturated carbocycles. The van der Waals surface area contributed by atoms with E-state index in [1.807, 2.05) is 0 Å². The molecule has 0 aromatic carbocycles. The Balaban J connectivity index is 1.96. The molecule has 84 valence electrons. The lowest BCUT2D eigenvalue weighted by Crippen LogP contribution is -2.18. The van der Waals surface area contributed by atoms with Crippen LogP contribution in [-0.4, -0.2) is 15.2 Å². The molecule has 1 heterocycles. The van der Waals surface area contributed by atoms with Gasteiger partial charge < -0.3 is 0 Å². The molecule has 4 nitrogen and oxygen atoms in total. The van der Waals surface area contributed by atoms with E-state index in [0.29, 0.717) is 5.92 Å². The second-order valence-electron chi connectivity index (χ2n) is 4.92. The monoisotopic (exact) mass is 209 g/mol. The zero-order valence-corrected chi connectivity index (χ0v) is 9.42. The minimum Gasteiger partial charge on any atom is -0.293 e. The molecule has 0 aliphatic heterocycles. The van der Waals surface area contributed by atoms with Crippen molar-refractivity contribution in [1.29, 1.82) is 0 Å². The predicted molar refractivity (Wildman–Crippen MR) is 58.7 cm³/mol. The first kappa shape index (κ1) is 10.5. The van der Waals surface area contributed by atoms with Crippen molar-refractivity contribution in [3.63, 3.8) is 0 Å². The highest BCUT2D eigenvalue weighted by atomic mass is 16.1. The van der Waals surface area contributed by atoms with E-state index in [9.17, 15) is 4.79 Å². The van der Waals surface area contributed by atoms with Gasteiger partial charge in [-0.15, -0.1) is 0 Å². The van der Waals surface area contributed by atoms with Crippen molar-refractivity contribution in [2.75, 3.05) is 0 Å². The van der Waals surface area contributed by atoms with Gasteiger partial charge >= 0.3 is 5.69 Å². The van der Waals surface area contributed by atoms with Gasteiger partial charge in [0.1, 0.15) is 5.82 Å². The number of nitrogens with one attached hydrogen (secondary N) is 2. The van der Waals surface area contributed by atoms with Crippen LogP contribution in [0.5, 0.6) is 0 Å². The molecule has 0 atom stereocenters. The number of rotatable bonds is 2. The van der Waals surface area contributed by atoms with E-state index in [-0.39, 0.29) is 5.69 Å². The summed E-state index contributed by atoms with van der Waals surface area (Å²) >= 11 is 0. The third-order valence-corrected chi connectivity index (χ3v) is 3.62. The molecule has 0 unspecified atom stereocenters. The molecular weight excluding hydrogens is 190 g/mol. The highest BCUT2D eigenvalue weighted by Gasteiger charge is 2.25. The Bertz CT molecular complexity index is 358. The van der Waals surface area contributed by atoms with Crippen LogP contribution >= 0.6 is 0 Å². The van der Waals surface area contributed by atoms with E-state index in [1.54, 1.807) is 0 Å². The normalized spacial score (nSPS) is 27.1. The van der Waals surface area contributed by atoms with Crippen LogP contribution in [0, 0.1) is 11.8 Å². The first-order valence-corrected chi connectivity index (χ1v) is 5.81. The summed E-state index contributed by atoms with van der Waals surface area (Å²) in [6, 6.07) is 0. The molecule has 1 fully saturated rings. The molecule has 1 aliphatic carbocycles. The lowest BCUT2D eigenvalue weighted by molar-refractivity contribution is 0.255. The highest BCUT2D eigenvalue weighted by molar-refractivity contribution is 4.95. The van der Waals surface area contributed by atoms with E-state index in [4.69, 9.17) is 0 Å². The van der Waals surface area contributed by atoms with Crippen molar-refractivity contribution in [2.45, 2.75) is 45.4 Å². The van der Waals surface area contributed by atoms with Crippen molar-refractivity contribution in [1.82, 2.24) is 15.2 Å². The molecule has 1 aromatic rings. The topological polar surface area (TPSA) is 61.5 Å². The van der Waals surface area contributed by atoms with Crippen molar-refractivity contribution >= 4 is 0 Å². The Labute approximate surface area is 89.5 Å². The summed E-state index contributed by atoms with van der Waals surface area (Å²) in [6.07, 6.45) is 4.84. The van der Waals surface area contributed by atoms with Crippen molar-refractivity contribution in [2.24, 2.45) is 11.8 Å². The molecule has 4 heteroatoms. The van der Waals surface area contributed by atoms with Crippen molar-refractivity contribution < 1.29 is 0 Å². The number of hydrogen-bond donors (Lipinski definition) is 2. The summed E-state index contributed by atoms with van der Waals surface area (Å²) in [5.41, 5.74) is -0.184. The van der Waals surface area contributed by atoms with Crippen LogP contribution < -0.4 is 5.69 Å². The van der Waals surface area contributed by atoms with Gasteiger partial charge in [0.05, 0.1) is 0 Å². The van der Waals surface area contributed by atoms with Gasteiger partial charge in [-0.25, -0.2) is 9.89 Å². The first-order valence-electron chi connectivity index (χ1n) is 5.81. The summed E-state index contributed by atoms with van der Waals surface area (Å²) in [5, 5.41) is 6.46. The smallest absolute Gasteiger partial charge is 0.293 e. The minimum atomic E-state index is -0.184. The van der Waals surface area contributed by atoms with Crippen LogP contribution in [0.25, 0.3) is 0 Å². The number of nitrogens with zero attached hydrogens (tertiary/aromatic N) is 1. The van der Waals surface area contributed by atoms with Gasteiger partial charge in [-0.1, -0.05) is 13.8 Å². The summed E-state index contributed by atoms with van der Waals surface area (Å²) in [4.78, 5) is 13.7. The fourth-order valence-electron chi connectivity index (χ4n) is 2.54. The standard InChI is InChI=1S/C11H19N3O/c1-7(2)8-3-5-9(6-4-8)10-12-11(15)14-13-10/h7-9H,3-6H2,1-2H3,(H2,12,13,14,15). The Hall–Kier alpha value is -1.06. The zero-order valence-electron chi connectivity index (χ0n) is 9.42. The molecule has 0 spiro atoms. The Kier molecular flexibility index (Phi) is 2.93. The van der Waals surface area contributed by atoms with Crippen molar-refractivity contribution in [3.8, 4) is 0 Å². The summed E-state index contributed by atoms with van der Waals surface area (Å²) in [6.45, 7) is 4.59. The molecule has 2 rings (SSSR count). The van der Waals surface area contributed by atoms with Gasteiger partial charge in [0.2, 0.25) is 0 Å². The Morgan fingerprint density at radius 3 is 2.40 bits per heavy atom. The molecule has 1 aromatic heterocycles. The van der Waals surface area contributed by atoms with Crippen LogP contribution in [0.15, 0.2) is 4.79 Å². The second kappa shape index (κ2) is 4.21. The average molecular weight is 209 g/mol. The fourth-order valence-corrected chi connectivity index (χ4v) is 2.54. The van der Waals surface area contributed by atoms with Crippen LogP contribution in [-0.2, 0) is 0 Å². The molecule has 0 bridgehead atoms. The van der Waals surface area contributed by atoms with Gasteiger partial charge in [0, 0.05) is 5.92 Å². The SMILES string of the molecule is CC(C)C1CCC(c2n[nH]c(=O)[nH]2)CC1. The number of aromatic nitrogens is 3. The predicted octanol–water partition coefficient (Wildman–Crippen LogP) is 2.03. The molecular formula is C11H19N3O. The molecule has 0 radical (unpaired) electrons. The van der Waals surface area contributed by atoms with Gasteiger partial charge in [-0.2, -0.15) is 5.10 Å². The van der Waals surface area contributed by atoms with Crippen LogP contribution in [0.3, 0.4) is 0 Å². The molecule has 2 N–H and O–H groups in total. The lowest BCUT2D eigenvalue weighted by atomic mass is 9.77. The van der Waals surface area contributed by atoms with E-state index >= 15 is 0 Å². The maximum Gasteiger partial charge on any atom is 0.340 e. The van der Waals surface area contributed by atoms with Gasteiger partial charge in [0.15, 0.2) is 0 Å². The van der Waals surface area contributed by atoms with Crippen LogP contribution in [0.1, 0.15) is 51.3 Å². The van der Waals surface area contributed by atoms with Gasteiger partial charge in [0.25, 0.3) is 0 Å². The number of H-pyrrole nitrogens is 2. The minimum absolute atomic E-state index is 0.184. The fraction of sp³-hybridized carbons (Fsp3) is 0.818. The Morgan fingerprint density at radius 2 is 1.93 bits per heavy atom. The quantitative estimate of drug-likeness (QED) is 0.782. The third kappa shape index (κ3) is 2.30. The number of aromatic amines is 2. The van der Waals surface area contributed by atoms with E-state index in [2.05, 4.69) is 29.0 Å². The summed E-state index contributed by atoms with van der Waals surface area (Å²) in [7, 11) is 0. The number of hydrogen-bond acceptors (Lipinski definition) is 2. The lowest BCUT2D eigenvalue weighted by Gasteiger charge is -2.29. The maximum atomic E-state index is 10.9. The highest BCUT2D eigenvalue weighted by Crippen LogP contribution is 2.36. The second-order valence-corrected chi connectivity index (χ2v) is 4.92. The van der Waals surface area contributed by atoms with Crippen molar-refractivity contribution in [3.05, 3.63) is 16.3 Å². The van der Waals surface area contributed by atoms with Gasteiger partial charge in [-0.3, -0.25) is 4.98 Å². The maximum absolute atomic E-state index is 10.9. The average Bonchev–Trinajstić information content (AvgIpc) is 2.65. The molecule has 0 saturated heterocycles. The molecule has 1 aliphatic rings. The van der Waals surface area contributed by atoms with E-state index < -0.39 is 0 Å². The van der Waals surface area contributed by atoms with E-state index in [0.717, 1.165) is 30.5 Å². The first-order chi connectivity index (χ1) is 7.16. The third-order valence-electron chi connectivity index (χ3n) is 3.62. The Morgan fingerprint density at radius 1 is 1.27 bits per heavy atom. The zero-order chi connectivity index (χ0) is 10.8. The largest absolute Gasteiger partial charge is 0.340 e. The summed E-state index contributed by atoms with van der Waals surface area (Å²) in [5.74, 6) is 2.94. The van der Waals surface area contributed by atoms with Crippen LogP contribution in [0.4, 0.5) is 0 Å². The molecule has 15 heavy (non-hydrogen) atoms. The van der Waals surface area contributed by atoms with Gasteiger partial charge in [-0.05, 0) is 37.5 Å². The summed E-state index contributed by atoms with van der Waals surface area (Å²) < 4.78 is 0. The molecule has 0 amide bonds.